The maximum absolute atomic E-state index is 13.4. The quantitative estimate of drug-likeness (QED) is 0.150. The third kappa shape index (κ3) is 6.88. The molecule has 0 bridgehead atoms. The summed E-state index contributed by atoms with van der Waals surface area (Å²) in [4.78, 5) is 13.5. The Hall–Kier alpha value is -3.19. The number of hydrogen-bond donors (Lipinski definition) is 0. The highest BCUT2D eigenvalue weighted by molar-refractivity contribution is 7.89. The molecule has 3 aromatic rings. The summed E-state index contributed by atoms with van der Waals surface area (Å²) in [6.07, 6.45) is 3.10. The van der Waals surface area contributed by atoms with Crippen LogP contribution in [-0.2, 0) is 26.0 Å². The summed E-state index contributed by atoms with van der Waals surface area (Å²) in [5, 5.41) is 11.8. The van der Waals surface area contributed by atoms with E-state index in [1.165, 1.54) is 30.3 Å². The van der Waals surface area contributed by atoms with Gasteiger partial charge in [0.2, 0.25) is 10.0 Å². The molecule has 1 aliphatic carbocycles. The Morgan fingerprint density at radius 3 is 2.33 bits per heavy atom. The van der Waals surface area contributed by atoms with Crippen molar-refractivity contribution >= 4 is 39.2 Å². The number of hydrogen-bond acceptors (Lipinski definition) is 7. The second-order valence-electron chi connectivity index (χ2n) is 9.99. The largest absolute Gasteiger partial charge is 0.619 e. The molecule has 0 amide bonds. The third-order valence-corrected chi connectivity index (χ3v) is 9.60. The van der Waals surface area contributed by atoms with Crippen LogP contribution in [-0.4, -0.2) is 44.5 Å². The molecule has 42 heavy (non-hydrogen) atoms. The third-order valence-electron chi connectivity index (χ3n) is 7.03. The summed E-state index contributed by atoms with van der Waals surface area (Å²) < 4.78 is 70.2. The van der Waals surface area contributed by atoms with E-state index < -0.39 is 34.7 Å². The fraction of sp³-hybridized carbons (Fsp3) is 0.357. The number of halogens is 4. The molecule has 2 unspecified atom stereocenters. The molecule has 1 aliphatic heterocycles. The highest BCUT2D eigenvalue weighted by atomic mass is 35.5. The molecule has 2 aliphatic rings. The van der Waals surface area contributed by atoms with Gasteiger partial charge in [0.15, 0.2) is 23.9 Å². The fourth-order valence-corrected chi connectivity index (χ4v) is 6.74. The van der Waals surface area contributed by atoms with Gasteiger partial charge in [-0.25, -0.2) is 8.42 Å². The zero-order chi connectivity index (χ0) is 30.0. The molecule has 14 heteroatoms. The lowest BCUT2D eigenvalue weighted by Crippen LogP contribution is -2.55. The summed E-state index contributed by atoms with van der Waals surface area (Å²) in [6.45, 7) is -2.67. The van der Waals surface area contributed by atoms with E-state index in [9.17, 15) is 27.2 Å². The lowest BCUT2D eigenvalue weighted by atomic mass is 10.0. The van der Waals surface area contributed by atoms with E-state index in [0.29, 0.717) is 28.4 Å². The van der Waals surface area contributed by atoms with Crippen molar-refractivity contribution in [2.75, 3.05) is 13.2 Å². The number of sulfonamides is 1. The van der Waals surface area contributed by atoms with Crippen LogP contribution in [0.3, 0.4) is 0 Å². The minimum atomic E-state index is -3.96. The van der Waals surface area contributed by atoms with E-state index in [2.05, 4.69) is 4.74 Å². The van der Waals surface area contributed by atoms with Gasteiger partial charge in [-0.2, -0.15) is 17.8 Å². The molecule has 1 saturated carbocycles. The summed E-state index contributed by atoms with van der Waals surface area (Å²) >= 11 is 12.6. The van der Waals surface area contributed by atoms with Crippen molar-refractivity contribution in [3.63, 3.8) is 0 Å². The van der Waals surface area contributed by atoms with Gasteiger partial charge in [-0.05, 0) is 55.0 Å². The number of alkyl halides is 2. The van der Waals surface area contributed by atoms with Crippen molar-refractivity contribution in [3.8, 4) is 11.5 Å². The lowest BCUT2D eigenvalue weighted by Gasteiger charge is -2.38. The van der Waals surface area contributed by atoms with Gasteiger partial charge < -0.3 is 19.4 Å². The number of ether oxygens (including phenoxy) is 3. The zero-order valence-corrected chi connectivity index (χ0v) is 24.3. The first-order chi connectivity index (χ1) is 20.0. The summed E-state index contributed by atoms with van der Waals surface area (Å²) in [6, 6.07) is 10.8. The lowest BCUT2D eigenvalue weighted by molar-refractivity contribution is -0.605. The molecule has 224 valence electrons. The van der Waals surface area contributed by atoms with Crippen molar-refractivity contribution in [1.82, 2.24) is 4.31 Å². The van der Waals surface area contributed by atoms with Crippen LogP contribution in [0, 0.1) is 11.1 Å². The molecule has 0 radical (unpaired) electrons. The average molecular weight is 643 g/mol. The summed E-state index contributed by atoms with van der Waals surface area (Å²) in [7, 11) is -3.96. The van der Waals surface area contributed by atoms with Gasteiger partial charge in [0.25, 0.3) is 0 Å². The molecule has 2 heterocycles. The SMILES string of the molecule is O=C(OC(Cc1c(Cl)c[n+]([O-])cc1Cl)c1ccc(OC(F)F)c(OCC2CC2)c1)C1CCN1S(=O)(=O)c1ccccc1. The first-order valence-electron chi connectivity index (χ1n) is 13.1. The van der Waals surface area contributed by atoms with Crippen LogP contribution in [0.15, 0.2) is 65.8 Å². The second-order valence-corrected chi connectivity index (χ2v) is 12.7. The maximum Gasteiger partial charge on any atom is 0.387 e. The number of nitrogens with zero attached hydrogens (tertiary/aromatic N) is 2. The van der Waals surface area contributed by atoms with Crippen LogP contribution in [0.2, 0.25) is 10.0 Å². The normalized spacial score (nSPS) is 17.9. The molecule has 2 atom stereocenters. The average Bonchev–Trinajstić information content (AvgIpc) is 3.73. The standard InChI is InChI=1S/C28H26Cl2F2N2O7S/c29-21-14-33(36)15-22(30)20(21)13-25(18-8-9-24(41-28(31)32)26(12-18)39-16-17-6-7-17)40-27(35)23-10-11-34(23)42(37,38)19-4-2-1-3-5-19/h1-5,8-9,12,14-15,17,23,25,28H,6-7,10-11,13,16H2. The monoisotopic (exact) mass is 642 g/mol. The first-order valence-corrected chi connectivity index (χ1v) is 15.3. The molecule has 0 N–H and O–H groups in total. The Kier molecular flexibility index (Phi) is 9.07. The van der Waals surface area contributed by atoms with Crippen LogP contribution in [0.25, 0.3) is 0 Å². The van der Waals surface area contributed by atoms with Crippen LogP contribution in [0.4, 0.5) is 8.78 Å². The van der Waals surface area contributed by atoms with Crippen molar-refractivity contribution in [2.45, 2.75) is 49.3 Å². The van der Waals surface area contributed by atoms with Crippen LogP contribution >= 0.6 is 23.2 Å². The number of esters is 1. The highest BCUT2D eigenvalue weighted by Gasteiger charge is 2.44. The van der Waals surface area contributed by atoms with Gasteiger partial charge in [-0.3, -0.25) is 4.79 Å². The highest BCUT2D eigenvalue weighted by Crippen LogP contribution is 2.38. The number of carbonyl (C=O) groups is 1. The summed E-state index contributed by atoms with van der Waals surface area (Å²) in [5.41, 5.74) is 0.623. The van der Waals surface area contributed by atoms with Crippen molar-refractivity contribution in [3.05, 3.63) is 87.3 Å². The molecular weight excluding hydrogens is 617 g/mol. The molecule has 1 aromatic heterocycles. The molecule has 2 fully saturated rings. The van der Waals surface area contributed by atoms with E-state index in [1.807, 2.05) is 0 Å². The van der Waals surface area contributed by atoms with Gasteiger partial charge in [-0.15, -0.1) is 0 Å². The fourth-order valence-electron chi connectivity index (χ4n) is 4.50. The smallest absolute Gasteiger partial charge is 0.387 e. The predicted octanol–water partition coefficient (Wildman–Crippen LogP) is 5.31. The van der Waals surface area contributed by atoms with E-state index in [0.717, 1.165) is 29.5 Å². The number of pyridine rings is 1. The second kappa shape index (κ2) is 12.6. The van der Waals surface area contributed by atoms with E-state index in [-0.39, 0.29) is 45.8 Å². The molecule has 9 nitrogen and oxygen atoms in total. The predicted molar refractivity (Wildman–Crippen MR) is 148 cm³/mol. The minimum absolute atomic E-state index is 0.0123. The topological polar surface area (TPSA) is 109 Å². The van der Waals surface area contributed by atoms with Gasteiger partial charge >= 0.3 is 12.6 Å². The maximum atomic E-state index is 13.4. The minimum Gasteiger partial charge on any atom is -0.619 e. The van der Waals surface area contributed by atoms with Crippen LogP contribution in [0.1, 0.15) is 36.5 Å². The zero-order valence-electron chi connectivity index (χ0n) is 22.0. The van der Waals surface area contributed by atoms with Gasteiger partial charge in [0, 0.05) is 18.5 Å². The Morgan fingerprint density at radius 1 is 1.05 bits per heavy atom. The molecule has 5 rings (SSSR count). The molecule has 1 saturated heterocycles. The van der Waals surface area contributed by atoms with Crippen LogP contribution < -0.4 is 14.2 Å². The number of aromatic nitrogens is 1. The Bertz CT molecular complexity index is 1540. The Balaban J connectivity index is 1.45. The van der Waals surface area contributed by atoms with E-state index >= 15 is 0 Å². The van der Waals surface area contributed by atoms with Gasteiger partial charge in [0.1, 0.15) is 22.2 Å². The van der Waals surface area contributed by atoms with Gasteiger partial charge in [-0.1, -0.05) is 47.5 Å². The number of carbonyl (C=O) groups excluding carboxylic acids is 1. The van der Waals surface area contributed by atoms with E-state index in [1.54, 1.807) is 18.2 Å². The number of benzene rings is 2. The Morgan fingerprint density at radius 2 is 1.74 bits per heavy atom. The first kappa shape index (κ1) is 30.3. The van der Waals surface area contributed by atoms with Crippen molar-refractivity contribution < 1.29 is 40.9 Å². The number of rotatable bonds is 12. The van der Waals surface area contributed by atoms with Crippen LogP contribution in [0.5, 0.6) is 11.5 Å². The van der Waals surface area contributed by atoms with Crippen molar-refractivity contribution in [1.29, 1.82) is 0 Å². The molecule has 2 aromatic carbocycles. The molecule has 0 spiro atoms. The molecular formula is C28H26Cl2F2N2O7S. The van der Waals surface area contributed by atoms with E-state index in [4.69, 9.17) is 32.7 Å². The van der Waals surface area contributed by atoms with Gasteiger partial charge in [0.05, 0.1) is 11.5 Å². The Labute approximate surface area is 251 Å². The summed E-state index contributed by atoms with van der Waals surface area (Å²) in [5.74, 6) is -0.679. The van der Waals surface area contributed by atoms with Crippen molar-refractivity contribution in [2.24, 2.45) is 5.92 Å².